The number of carbonyl (C=O) groups is 4. The maximum Gasteiger partial charge on any atom is 0.394 e. The van der Waals surface area contributed by atoms with Crippen molar-refractivity contribution in [1.82, 2.24) is 10.2 Å². The summed E-state index contributed by atoms with van der Waals surface area (Å²) in [6.45, 7) is 4.71. The Kier molecular flexibility index (Phi) is 10.3. The van der Waals surface area contributed by atoms with Crippen molar-refractivity contribution in [3.8, 4) is 0 Å². The molecule has 0 aliphatic carbocycles. The van der Waals surface area contributed by atoms with Crippen molar-refractivity contribution in [3.05, 3.63) is 70.8 Å². The van der Waals surface area contributed by atoms with E-state index < -0.39 is 16.4 Å². The minimum atomic E-state index is -4.67. The molecular weight excluding hydrogens is 456 g/mol. The van der Waals surface area contributed by atoms with Gasteiger partial charge in [0.1, 0.15) is 0 Å². The number of carbonyl (C=O) groups excluding carboxylic acids is 3. The van der Waals surface area contributed by atoms with Gasteiger partial charge in [-0.05, 0) is 37.6 Å². The predicted octanol–water partition coefficient (Wildman–Crippen LogP) is 2.17. The maximum absolute atomic E-state index is 11.6. The first-order chi connectivity index (χ1) is 15.4. The highest BCUT2D eigenvalue weighted by molar-refractivity contribution is 7.79. The number of carboxylic acids is 1. The van der Waals surface area contributed by atoms with Crippen LogP contribution in [-0.4, -0.2) is 64.3 Å². The molecule has 2 aromatic carbocycles. The van der Waals surface area contributed by atoms with E-state index in [1.807, 2.05) is 6.92 Å². The lowest BCUT2D eigenvalue weighted by Crippen LogP contribution is -2.29. The zero-order valence-corrected chi connectivity index (χ0v) is 18.7. The van der Waals surface area contributed by atoms with Crippen LogP contribution in [0.15, 0.2) is 48.5 Å². The van der Waals surface area contributed by atoms with Crippen LogP contribution in [0.3, 0.4) is 0 Å². The van der Waals surface area contributed by atoms with Crippen LogP contribution in [-0.2, 0) is 10.4 Å². The number of hydrogen-bond donors (Lipinski definition) is 4. The number of fused-ring (bicyclic) bond motifs is 1. The topological polar surface area (TPSA) is 178 Å². The molecule has 1 aliphatic heterocycles. The lowest BCUT2D eigenvalue weighted by atomic mass is 10.1. The summed E-state index contributed by atoms with van der Waals surface area (Å²) in [6, 6.07) is 13.1. The fourth-order valence-corrected chi connectivity index (χ4v) is 2.73. The molecule has 11 nitrogen and oxygen atoms in total. The third-order valence-electron chi connectivity index (χ3n) is 4.13. The number of rotatable bonds is 5. The molecule has 12 heteroatoms. The van der Waals surface area contributed by atoms with Gasteiger partial charge in [-0.3, -0.25) is 28.4 Å². The van der Waals surface area contributed by atoms with E-state index in [4.69, 9.17) is 22.6 Å². The molecule has 0 aromatic heterocycles. The van der Waals surface area contributed by atoms with Gasteiger partial charge in [0.25, 0.3) is 17.7 Å². The summed E-state index contributed by atoms with van der Waals surface area (Å²) in [5, 5.41) is 11.5. The Balaban J connectivity index is 0.000000277. The van der Waals surface area contributed by atoms with Crippen LogP contribution in [0.25, 0.3) is 0 Å². The number of aromatic carboxylic acids is 1. The largest absolute Gasteiger partial charge is 0.478 e. The molecule has 1 heterocycles. The first kappa shape index (κ1) is 27.4. The molecule has 0 saturated heterocycles. The molecule has 4 N–H and O–H groups in total. The first-order valence-corrected chi connectivity index (χ1v) is 11.1. The van der Waals surface area contributed by atoms with E-state index in [1.54, 1.807) is 43.3 Å². The molecule has 0 atom stereocenters. The maximum atomic E-state index is 11.6. The number of nitrogens with one attached hydrogen (secondary N) is 1. The van der Waals surface area contributed by atoms with Crippen molar-refractivity contribution in [1.29, 1.82) is 0 Å². The molecule has 3 rings (SSSR count). The van der Waals surface area contributed by atoms with E-state index in [9.17, 15) is 19.2 Å². The van der Waals surface area contributed by atoms with Gasteiger partial charge in [0.2, 0.25) is 0 Å². The Morgan fingerprint density at radius 1 is 0.879 bits per heavy atom. The summed E-state index contributed by atoms with van der Waals surface area (Å²) in [4.78, 5) is 46.7. The normalized spacial score (nSPS) is 12.1. The molecule has 0 radical (unpaired) electrons. The zero-order chi connectivity index (χ0) is 25.2. The van der Waals surface area contributed by atoms with E-state index in [1.165, 1.54) is 17.0 Å². The van der Waals surface area contributed by atoms with Crippen LogP contribution in [0.1, 0.15) is 61.7 Å². The van der Waals surface area contributed by atoms with Crippen LogP contribution < -0.4 is 5.32 Å². The fourth-order valence-electron chi connectivity index (χ4n) is 2.73. The second-order valence-corrected chi connectivity index (χ2v) is 7.35. The SMILES string of the molecule is CCCNC(=O)c1ccccc1C(=O)O.CCN1C(=O)c2ccccc2C1=O.O=S(=O)(O)O. The Labute approximate surface area is 190 Å². The van der Waals surface area contributed by atoms with Crippen LogP contribution in [0, 0.1) is 0 Å². The minimum Gasteiger partial charge on any atom is -0.478 e. The summed E-state index contributed by atoms with van der Waals surface area (Å²) < 4.78 is 31.6. The van der Waals surface area contributed by atoms with Gasteiger partial charge in [-0.1, -0.05) is 31.2 Å². The van der Waals surface area contributed by atoms with Gasteiger partial charge in [-0.15, -0.1) is 0 Å². The zero-order valence-electron chi connectivity index (χ0n) is 17.9. The standard InChI is InChI=1S/C11H13NO3.C10H9NO2.H2O4S/c1-2-7-12-10(13)8-5-3-4-6-9(8)11(14)15;1-2-11-9(12)7-5-3-4-6-8(7)10(11)13;1-5(2,3)4/h3-6H,2,7H2,1H3,(H,12,13)(H,14,15);3-6H,2H2,1H3;(H2,1,2,3,4). The lowest BCUT2D eigenvalue weighted by Gasteiger charge is -2.08. The van der Waals surface area contributed by atoms with Gasteiger partial charge in [0, 0.05) is 13.1 Å². The van der Waals surface area contributed by atoms with Crippen molar-refractivity contribution >= 4 is 34.1 Å². The molecule has 2 aromatic rings. The van der Waals surface area contributed by atoms with Crippen LogP contribution in [0.5, 0.6) is 0 Å². The summed E-state index contributed by atoms with van der Waals surface area (Å²) >= 11 is 0. The van der Waals surface area contributed by atoms with Crippen molar-refractivity contribution in [2.75, 3.05) is 13.1 Å². The van der Waals surface area contributed by atoms with Crippen molar-refractivity contribution < 1.29 is 41.8 Å². The number of hydrogen-bond acceptors (Lipinski definition) is 6. The summed E-state index contributed by atoms with van der Waals surface area (Å²) in [7, 11) is -4.67. The molecule has 0 fully saturated rings. The highest BCUT2D eigenvalue weighted by Gasteiger charge is 2.33. The molecule has 178 valence electrons. The molecule has 0 bridgehead atoms. The van der Waals surface area contributed by atoms with Gasteiger partial charge < -0.3 is 10.4 Å². The monoisotopic (exact) mass is 480 g/mol. The van der Waals surface area contributed by atoms with Gasteiger partial charge in [0.05, 0.1) is 22.3 Å². The van der Waals surface area contributed by atoms with Crippen LogP contribution in [0.2, 0.25) is 0 Å². The van der Waals surface area contributed by atoms with E-state index >= 15 is 0 Å². The van der Waals surface area contributed by atoms with Crippen molar-refractivity contribution in [2.45, 2.75) is 20.3 Å². The predicted molar refractivity (Wildman–Crippen MR) is 118 cm³/mol. The van der Waals surface area contributed by atoms with Crippen LogP contribution in [0.4, 0.5) is 0 Å². The molecule has 3 amide bonds. The molecule has 0 saturated carbocycles. The summed E-state index contributed by atoms with van der Waals surface area (Å²) in [5.74, 6) is -1.78. The fraction of sp³-hybridized carbons (Fsp3) is 0.238. The van der Waals surface area contributed by atoms with Gasteiger partial charge >= 0.3 is 16.4 Å². The second-order valence-electron chi connectivity index (χ2n) is 6.45. The van der Waals surface area contributed by atoms with E-state index in [-0.39, 0.29) is 28.8 Å². The number of carboxylic acid groups (broad SMARTS) is 1. The number of benzene rings is 2. The van der Waals surface area contributed by atoms with Gasteiger partial charge in [0.15, 0.2) is 0 Å². The van der Waals surface area contributed by atoms with Gasteiger partial charge in [-0.25, -0.2) is 4.79 Å². The third-order valence-corrected chi connectivity index (χ3v) is 4.13. The van der Waals surface area contributed by atoms with Gasteiger partial charge in [-0.2, -0.15) is 8.42 Å². The summed E-state index contributed by atoms with van der Waals surface area (Å²) in [5.41, 5.74) is 1.29. The molecule has 33 heavy (non-hydrogen) atoms. The second kappa shape index (κ2) is 12.4. The average Bonchev–Trinajstić information content (AvgIpc) is 3.01. The van der Waals surface area contributed by atoms with E-state index in [0.29, 0.717) is 24.2 Å². The smallest absolute Gasteiger partial charge is 0.394 e. The number of imide groups is 1. The van der Waals surface area contributed by atoms with E-state index in [0.717, 1.165) is 6.42 Å². The molecule has 0 unspecified atom stereocenters. The number of nitrogens with zero attached hydrogens (tertiary/aromatic N) is 1. The molecular formula is C21H24N2O9S. The Morgan fingerprint density at radius 3 is 1.70 bits per heavy atom. The third kappa shape index (κ3) is 8.44. The van der Waals surface area contributed by atoms with E-state index in [2.05, 4.69) is 5.32 Å². The molecule has 0 spiro atoms. The minimum absolute atomic E-state index is 0.0334. The highest BCUT2D eigenvalue weighted by Crippen LogP contribution is 2.21. The van der Waals surface area contributed by atoms with Crippen LogP contribution >= 0.6 is 0 Å². The average molecular weight is 480 g/mol. The van der Waals surface area contributed by atoms with Crippen molar-refractivity contribution in [2.24, 2.45) is 0 Å². The number of amides is 3. The Bertz CT molecular complexity index is 1090. The highest BCUT2D eigenvalue weighted by atomic mass is 32.3. The molecule has 1 aliphatic rings. The summed E-state index contributed by atoms with van der Waals surface area (Å²) in [6.07, 6.45) is 0.820. The lowest BCUT2D eigenvalue weighted by molar-refractivity contribution is 0.0658. The first-order valence-electron chi connectivity index (χ1n) is 9.67. The van der Waals surface area contributed by atoms with Crippen molar-refractivity contribution in [3.63, 3.8) is 0 Å². The Hall–Kier alpha value is -3.61. The quantitative estimate of drug-likeness (QED) is 0.368. The Morgan fingerprint density at radius 2 is 1.30 bits per heavy atom.